The Hall–Kier alpha value is -7.46. The van der Waals surface area contributed by atoms with Gasteiger partial charge in [-0.3, -0.25) is 14.5 Å². The Morgan fingerprint density at radius 3 is 1.92 bits per heavy atom. The lowest BCUT2D eigenvalue weighted by atomic mass is 9.88. The van der Waals surface area contributed by atoms with E-state index in [-0.39, 0.29) is 86.1 Å². The first-order valence-electron chi connectivity index (χ1n) is 29.9. The number of nitriles is 2. The lowest BCUT2D eigenvalue weighted by Crippen LogP contribution is -2.55. The van der Waals surface area contributed by atoms with Crippen molar-refractivity contribution in [1.82, 2.24) is 44.4 Å². The molecule has 5 aliphatic rings. The zero-order chi connectivity index (χ0) is 61.0. The maximum absolute atomic E-state index is 13.6. The van der Waals surface area contributed by atoms with Crippen LogP contribution < -0.4 is 19.3 Å². The SMILES string of the molecule is C=CC(=O)N1CCN(c2nc(OC(C)CN(C)C)nc3c2CO[C@H](c2cc(C4C[C@@H](COc5nc6c(c(N7CCN(C(=O)/C=C/CN(C)C)[C@@H](CC#N)C7)n5)CO[C@H](c5cccc7cccc(Cl)c57)C6)N(C)C4)cc4cccc(Cl)c24)C3)C[C@@H]1CC#N. The molecule has 3 saturated heterocycles. The molecular weight excluding hydrogens is 1140 g/mol. The van der Waals surface area contributed by atoms with Crippen molar-refractivity contribution in [2.75, 3.05) is 111 Å². The summed E-state index contributed by atoms with van der Waals surface area (Å²) in [6, 6.07) is 27.0. The molecule has 0 bridgehead atoms. The Labute approximate surface area is 519 Å². The van der Waals surface area contributed by atoms with Gasteiger partial charge in [-0.05, 0) is 100 Å². The maximum atomic E-state index is 13.6. The van der Waals surface area contributed by atoms with Crippen LogP contribution in [0.2, 0.25) is 10.0 Å². The van der Waals surface area contributed by atoms with Crippen LogP contribution in [0, 0.1) is 22.7 Å². The molecule has 0 radical (unpaired) electrons. The Morgan fingerprint density at radius 1 is 0.736 bits per heavy atom. The van der Waals surface area contributed by atoms with Crippen molar-refractivity contribution in [2.24, 2.45) is 0 Å². The standard InChI is InChI=1S/C66H75Cl2N13O6/c1-8-59(82)80-27-25-79(36-46(80)20-22-69)64-52-40-85-58(33-56(52)72-66(74-64)87-41(2)34-76(5)6)50-31-44(29-43-15-11-18-54(68)62(43)50)45-30-48(77(7)35-45)38-86-65-71-55-32-57(49-16-9-13-42-14-10-17-53(67)61(42)49)84-39-51(55)63(73-65)78-26-28-81(47(37-78)21-23-70)60(83)19-12-24-75(3)4/h8-19,29,31,41,45-48,57-58H,1,20-21,24-28,30,32-40H2,2-7H3/b19-12+/t41?,45?,46-,47-,48-,57-,58-/m0/s1. The van der Waals surface area contributed by atoms with Crippen molar-refractivity contribution in [3.8, 4) is 24.2 Å². The Kier molecular flexibility index (Phi) is 18.9. The third-order valence-electron chi connectivity index (χ3n) is 17.5. The van der Waals surface area contributed by atoms with E-state index in [2.05, 4.69) is 81.8 Å². The normalized spacial score (nSPS) is 21.9. The number of halogens is 2. The van der Waals surface area contributed by atoms with Crippen molar-refractivity contribution < 1.29 is 28.5 Å². The molecule has 7 heterocycles. The van der Waals surface area contributed by atoms with Crippen LogP contribution in [0.15, 0.2) is 91.5 Å². The third-order valence-corrected chi connectivity index (χ3v) is 18.1. The van der Waals surface area contributed by atoms with E-state index >= 15 is 0 Å². The first-order valence-corrected chi connectivity index (χ1v) is 30.7. The second kappa shape index (κ2) is 26.9. The van der Waals surface area contributed by atoms with E-state index in [1.807, 2.05) is 76.4 Å². The van der Waals surface area contributed by atoms with Crippen molar-refractivity contribution >= 4 is 68.2 Å². The van der Waals surface area contributed by atoms with Crippen LogP contribution in [0.5, 0.6) is 12.0 Å². The van der Waals surface area contributed by atoms with E-state index < -0.39 is 6.10 Å². The molecule has 2 unspecified atom stereocenters. The van der Waals surface area contributed by atoms with E-state index in [0.717, 1.165) is 73.7 Å². The molecule has 454 valence electrons. The van der Waals surface area contributed by atoms with Crippen molar-refractivity contribution in [1.29, 1.82) is 10.5 Å². The molecule has 4 aromatic carbocycles. The van der Waals surface area contributed by atoms with Gasteiger partial charge in [0.25, 0.3) is 0 Å². The number of likely N-dealkylation sites (tertiary alicyclic amines) is 1. The highest BCUT2D eigenvalue weighted by Gasteiger charge is 2.39. The van der Waals surface area contributed by atoms with Crippen LogP contribution in [0.1, 0.15) is 83.5 Å². The summed E-state index contributed by atoms with van der Waals surface area (Å²) >= 11 is 14.0. The van der Waals surface area contributed by atoms with Gasteiger partial charge in [-0.1, -0.05) is 90.5 Å². The fourth-order valence-electron chi connectivity index (χ4n) is 13.3. The molecule has 3 fully saturated rings. The monoisotopic (exact) mass is 1220 g/mol. The third kappa shape index (κ3) is 13.4. The highest BCUT2D eigenvalue weighted by molar-refractivity contribution is 6.36. The van der Waals surface area contributed by atoms with Crippen LogP contribution in [0.4, 0.5) is 11.6 Å². The zero-order valence-corrected chi connectivity index (χ0v) is 51.9. The van der Waals surface area contributed by atoms with Crippen LogP contribution in [0.25, 0.3) is 21.5 Å². The molecular formula is C66H75Cl2N13O6. The van der Waals surface area contributed by atoms with Gasteiger partial charge in [0.05, 0.1) is 73.9 Å². The van der Waals surface area contributed by atoms with Gasteiger partial charge in [-0.25, -0.2) is 0 Å². The summed E-state index contributed by atoms with van der Waals surface area (Å²) in [5.41, 5.74) is 6.46. The van der Waals surface area contributed by atoms with E-state index in [4.69, 9.17) is 62.1 Å². The van der Waals surface area contributed by atoms with E-state index in [0.29, 0.717) is 93.5 Å². The summed E-state index contributed by atoms with van der Waals surface area (Å²) in [6.45, 7) is 11.2. The minimum absolute atomic E-state index is 0.00589. The lowest BCUT2D eigenvalue weighted by Gasteiger charge is -2.42. The van der Waals surface area contributed by atoms with Crippen LogP contribution in [0.3, 0.4) is 0 Å². The summed E-state index contributed by atoms with van der Waals surface area (Å²) in [5, 5.41) is 25.1. The van der Waals surface area contributed by atoms with E-state index in [1.54, 1.807) is 15.9 Å². The molecule has 0 aliphatic carbocycles. The maximum Gasteiger partial charge on any atom is 0.318 e. The quantitative estimate of drug-likeness (QED) is 0.0740. The Morgan fingerprint density at radius 2 is 1.31 bits per heavy atom. The average molecular weight is 1220 g/mol. The number of benzene rings is 4. The summed E-state index contributed by atoms with van der Waals surface area (Å²) in [7, 11) is 10.0. The van der Waals surface area contributed by atoms with Gasteiger partial charge in [0.15, 0.2) is 0 Å². The highest BCUT2D eigenvalue weighted by Crippen LogP contribution is 2.44. The van der Waals surface area contributed by atoms with Gasteiger partial charge < -0.3 is 48.3 Å². The summed E-state index contributed by atoms with van der Waals surface area (Å²) in [4.78, 5) is 61.1. The van der Waals surface area contributed by atoms with Crippen molar-refractivity contribution in [2.45, 2.75) is 94.6 Å². The molecule has 11 rings (SSSR count). The van der Waals surface area contributed by atoms with E-state index in [9.17, 15) is 20.1 Å². The van der Waals surface area contributed by atoms with Gasteiger partial charge in [0.2, 0.25) is 11.8 Å². The first kappa shape index (κ1) is 61.2. The number of ether oxygens (including phenoxy) is 4. The van der Waals surface area contributed by atoms with Gasteiger partial charge in [-0.15, -0.1) is 0 Å². The molecule has 0 spiro atoms. The Bertz CT molecular complexity index is 3680. The second-order valence-electron chi connectivity index (χ2n) is 24.0. The molecule has 5 aliphatic heterocycles. The number of anilines is 2. The summed E-state index contributed by atoms with van der Waals surface area (Å²) in [5.74, 6) is 1.17. The smallest absolute Gasteiger partial charge is 0.318 e. The number of carbonyl (C=O) groups excluding carboxylic acids is 2. The number of aromatic nitrogens is 4. The fraction of sp³-hybridized carbons (Fsp3) is 0.455. The molecule has 7 atom stereocenters. The molecule has 2 amide bonds. The largest absolute Gasteiger partial charge is 0.462 e. The molecule has 2 aromatic heterocycles. The number of fused-ring (bicyclic) bond motifs is 4. The van der Waals surface area contributed by atoms with Crippen molar-refractivity contribution in [3.63, 3.8) is 0 Å². The molecule has 87 heavy (non-hydrogen) atoms. The second-order valence-corrected chi connectivity index (χ2v) is 24.8. The predicted octanol–water partition coefficient (Wildman–Crippen LogP) is 8.87. The molecule has 6 aromatic rings. The Balaban J connectivity index is 0.865. The molecule has 21 heteroatoms. The molecule has 0 N–H and O–H groups in total. The number of rotatable bonds is 18. The number of nitrogens with zero attached hydrogens (tertiary/aromatic N) is 13. The summed E-state index contributed by atoms with van der Waals surface area (Å²) in [6.07, 6.45) is 5.81. The van der Waals surface area contributed by atoms with Gasteiger partial charge in [0, 0.05) is 116 Å². The van der Waals surface area contributed by atoms with Gasteiger partial charge >= 0.3 is 12.0 Å². The topological polar surface area (TPSA) is 193 Å². The number of likely N-dealkylation sites (N-methyl/N-ethyl adjacent to an activating group) is 3. The lowest BCUT2D eigenvalue weighted by molar-refractivity contribution is -0.129. The minimum atomic E-state index is -0.414. The van der Waals surface area contributed by atoms with Crippen LogP contribution in [-0.4, -0.2) is 181 Å². The summed E-state index contributed by atoms with van der Waals surface area (Å²) < 4.78 is 26.9. The number of amides is 2. The first-order chi connectivity index (χ1) is 42.1. The average Bonchev–Trinajstić information content (AvgIpc) is 2.16. The number of carbonyl (C=O) groups is 2. The fourth-order valence-corrected chi connectivity index (χ4v) is 13.8. The number of hydrogen-bond donors (Lipinski definition) is 0. The molecule has 0 saturated carbocycles. The van der Waals surface area contributed by atoms with Gasteiger partial charge in [-0.2, -0.15) is 30.5 Å². The van der Waals surface area contributed by atoms with Crippen LogP contribution >= 0.6 is 23.2 Å². The number of piperazine rings is 2. The predicted molar refractivity (Wildman–Crippen MR) is 336 cm³/mol. The van der Waals surface area contributed by atoms with E-state index in [1.165, 1.54) is 6.08 Å². The van der Waals surface area contributed by atoms with Crippen molar-refractivity contribution in [3.05, 3.63) is 141 Å². The highest BCUT2D eigenvalue weighted by atomic mass is 35.5. The zero-order valence-electron chi connectivity index (χ0n) is 50.4. The minimum Gasteiger partial charge on any atom is -0.462 e. The van der Waals surface area contributed by atoms with Crippen LogP contribution in [-0.2, 0) is 45.1 Å². The molecule has 19 nitrogen and oxygen atoms in total. The number of hydrogen-bond acceptors (Lipinski definition) is 17. The van der Waals surface area contributed by atoms with Gasteiger partial charge in [0.1, 0.15) is 24.3 Å².